The zero-order chi connectivity index (χ0) is 18.1. The molecule has 0 spiro atoms. The van der Waals surface area contributed by atoms with Gasteiger partial charge in [0.05, 0.1) is 7.11 Å². The number of hydrogen-bond acceptors (Lipinski definition) is 3. The Bertz CT molecular complexity index is 769. The zero-order valence-corrected chi connectivity index (χ0v) is 14.6. The SMILES string of the molecule is CCCCc1ccc(NC(=O)C(C#N)=Cc2ccc(OC)cc2)cc1. The van der Waals surface area contributed by atoms with E-state index in [0.29, 0.717) is 5.69 Å². The first-order valence-electron chi connectivity index (χ1n) is 8.32. The molecule has 4 nitrogen and oxygen atoms in total. The molecule has 0 saturated heterocycles. The molecule has 0 aromatic heterocycles. The van der Waals surface area contributed by atoms with E-state index in [1.54, 1.807) is 37.5 Å². The summed E-state index contributed by atoms with van der Waals surface area (Å²) in [6.07, 6.45) is 4.89. The number of anilines is 1. The molecular weight excluding hydrogens is 312 g/mol. The van der Waals surface area contributed by atoms with Gasteiger partial charge in [-0.3, -0.25) is 4.79 Å². The number of aryl methyl sites for hydroxylation is 1. The van der Waals surface area contributed by atoms with Gasteiger partial charge in [0.25, 0.3) is 5.91 Å². The van der Waals surface area contributed by atoms with Crippen molar-refractivity contribution in [2.45, 2.75) is 26.2 Å². The molecule has 1 amide bonds. The van der Waals surface area contributed by atoms with Crippen molar-refractivity contribution in [1.29, 1.82) is 5.26 Å². The van der Waals surface area contributed by atoms with Crippen molar-refractivity contribution in [3.05, 3.63) is 65.2 Å². The predicted molar refractivity (Wildman–Crippen MR) is 100 cm³/mol. The molecule has 0 aliphatic carbocycles. The highest BCUT2D eigenvalue weighted by Gasteiger charge is 2.09. The minimum absolute atomic E-state index is 0.0558. The number of hydrogen-bond donors (Lipinski definition) is 1. The van der Waals surface area contributed by atoms with Crippen LogP contribution in [0.5, 0.6) is 5.75 Å². The standard InChI is InChI=1S/C21H22N2O2/c1-3-4-5-16-6-10-19(11-7-16)23-21(24)18(15-22)14-17-8-12-20(25-2)13-9-17/h6-14H,3-5H2,1-2H3,(H,23,24). The highest BCUT2D eigenvalue weighted by molar-refractivity contribution is 6.09. The number of carbonyl (C=O) groups excluding carboxylic acids is 1. The minimum Gasteiger partial charge on any atom is -0.497 e. The summed E-state index contributed by atoms with van der Waals surface area (Å²) in [6, 6.07) is 16.9. The van der Waals surface area contributed by atoms with Gasteiger partial charge in [-0.05, 0) is 54.3 Å². The Balaban J connectivity index is 2.06. The quantitative estimate of drug-likeness (QED) is 0.595. The van der Waals surface area contributed by atoms with E-state index in [0.717, 1.165) is 30.6 Å². The van der Waals surface area contributed by atoms with Gasteiger partial charge in [0, 0.05) is 5.69 Å². The average molecular weight is 334 g/mol. The molecule has 0 aliphatic rings. The van der Waals surface area contributed by atoms with Crippen LogP contribution in [0.25, 0.3) is 6.08 Å². The number of nitrogens with one attached hydrogen (secondary N) is 1. The Kier molecular flexibility index (Phi) is 6.79. The number of nitriles is 1. The van der Waals surface area contributed by atoms with Crippen LogP contribution >= 0.6 is 0 Å². The third-order valence-corrected chi connectivity index (χ3v) is 3.82. The van der Waals surface area contributed by atoms with Crippen molar-refractivity contribution < 1.29 is 9.53 Å². The number of carbonyl (C=O) groups is 1. The van der Waals surface area contributed by atoms with Crippen LogP contribution in [-0.4, -0.2) is 13.0 Å². The van der Waals surface area contributed by atoms with Crippen molar-refractivity contribution in [1.82, 2.24) is 0 Å². The molecule has 0 aliphatic heterocycles. The summed E-state index contributed by atoms with van der Waals surface area (Å²) >= 11 is 0. The summed E-state index contributed by atoms with van der Waals surface area (Å²) in [5, 5.41) is 12.0. The van der Waals surface area contributed by atoms with Crippen molar-refractivity contribution in [3.8, 4) is 11.8 Å². The van der Waals surface area contributed by atoms with Gasteiger partial charge in [-0.15, -0.1) is 0 Å². The van der Waals surface area contributed by atoms with Crippen LogP contribution in [0.15, 0.2) is 54.1 Å². The Labute approximate surface area is 148 Å². The van der Waals surface area contributed by atoms with Crippen molar-refractivity contribution in [2.24, 2.45) is 0 Å². The predicted octanol–water partition coefficient (Wildman–Crippen LogP) is 4.58. The monoisotopic (exact) mass is 334 g/mol. The van der Waals surface area contributed by atoms with E-state index in [2.05, 4.69) is 12.2 Å². The molecule has 0 bridgehead atoms. The van der Waals surface area contributed by atoms with Crippen molar-refractivity contribution in [3.63, 3.8) is 0 Å². The highest BCUT2D eigenvalue weighted by atomic mass is 16.5. The van der Waals surface area contributed by atoms with Crippen LogP contribution < -0.4 is 10.1 Å². The van der Waals surface area contributed by atoms with Crippen LogP contribution in [0.4, 0.5) is 5.69 Å². The normalized spacial score (nSPS) is 10.8. The summed E-state index contributed by atoms with van der Waals surface area (Å²) in [5.41, 5.74) is 2.75. The van der Waals surface area contributed by atoms with Gasteiger partial charge < -0.3 is 10.1 Å². The fourth-order valence-electron chi connectivity index (χ4n) is 2.35. The number of ether oxygens (including phenoxy) is 1. The topological polar surface area (TPSA) is 62.1 Å². The van der Waals surface area contributed by atoms with E-state index < -0.39 is 5.91 Å². The summed E-state index contributed by atoms with van der Waals surface area (Å²) < 4.78 is 5.10. The molecule has 4 heteroatoms. The second-order valence-corrected chi connectivity index (χ2v) is 5.70. The van der Waals surface area contributed by atoms with Crippen molar-refractivity contribution >= 4 is 17.7 Å². The first-order chi connectivity index (χ1) is 12.2. The molecule has 2 rings (SSSR count). The third kappa shape index (κ3) is 5.50. The third-order valence-electron chi connectivity index (χ3n) is 3.82. The maximum Gasteiger partial charge on any atom is 0.266 e. The molecule has 0 fully saturated rings. The second kappa shape index (κ2) is 9.29. The van der Waals surface area contributed by atoms with Gasteiger partial charge >= 0.3 is 0 Å². The molecule has 0 saturated carbocycles. The zero-order valence-electron chi connectivity index (χ0n) is 14.6. The lowest BCUT2D eigenvalue weighted by Crippen LogP contribution is -2.13. The van der Waals surface area contributed by atoms with Crippen LogP contribution in [0.1, 0.15) is 30.9 Å². The van der Waals surface area contributed by atoms with Crippen LogP contribution in [0, 0.1) is 11.3 Å². The van der Waals surface area contributed by atoms with E-state index in [1.807, 2.05) is 30.3 Å². The van der Waals surface area contributed by atoms with Gasteiger partial charge in [0.15, 0.2) is 0 Å². The number of amides is 1. The van der Waals surface area contributed by atoms with E-state index in [9.17, 15) is 10.1 Å². The summed E-state index contributed by atoms with van der Waals surface area (Å²) in [4.78, 5) is 12.3. The maximum atomic E-state index is 12.3. The van der Waals surface area contributed by atoms with E-state index >= 15 is 0 Å². The molecule has 128 valence electrons. The van der Waals surface area contributed by atoms with Crippen LogP contribution in [0.2, 0.25) is 0 Å². The smallest absolute Gasteiger partial charge is 0.266 e. The molecule has 0 unspecified atom stereocenters. The van der Waals surface area contributed by atoms with Crippen LogP contribution in [0.3, 0.4) is 0 Å². The fourth-order valence-corrected chi connectivity index (χ4v) is 2.35. The summed E-state index contributed by atoms with van der Waals surface area (Å²) in [6.45, 7) is 2.16. The number of benzene rings is 2. The Morgan fingerprint density at radius 1 is 1.16 bits per heavy atom. The minimum atomic E-state index is -0.417. The lowest BCUT2D eigenvalue weighted by Gasteiger charge is -2.06. The molecule has 0 heterocycles. The van der Waals surface area contributed by atoms with Gasteiger partial charge in [-0.2, -0.15) is 5.26 Å². The molecule has 2 aromatic carbocycles. The number of methoxy groups -OCH3 is 1. The summed E-state index contributed by atoms with van der Waals surface area (Å²) in [5.74, 6) is 0.308. The van der Waals surface area contributed by atoms with Crippen LogP contribution in [-0.2, 0) is 11.2 Å². The molecule has 1 N–H and O–H groups in total. The first kappa shape index (κ1) is 18.3. The largest absolute Gasteiger partial charge is 0.497 e. The maximum absolute atomic E-state index is 12.3. The lowest BCUT2D eigenvalue weighted by molar-refractivity contribution is -0.112. The lowest BCUT2D eigenvalue weighted by atomic mass is 10.1. The van der Waals surface area contributed by atoms with Gasteiger partial charge in [-0.25, -0.2) is 0 Å². The van der Waals surface area contributed by atoms with Gasteiger partial charge in [0.1, 0.15) is 17.4 Å². The fraction of sp³-hybridized carbons (Fsp3) is 0.238. The molecule has 0 atom stereocenters. The van der Waals surface area contributed by atoms with Gasteiger partial charge in [0.2, 0.25) is 0 Å². The Hall–Kier alpha value is -3.06. The van der Waals surface area contributed by atoms with E-state index in [-0.39, 0.29) is 5.57 Å². The van der Waals surface area contributed by atoms with E-state index in [1.165, 1.54) is 5.56 Å². The Morgan fingerprint density at radius 2 is 1.84 bits per heavy atom. The number of nitrogens with zero attached hydrogens (tertiary/aromatic N) is 1. The molecule has 25 heavy (non-hydrogen) atoms. The van der Waals surface area contributed by atoms with Crippen molar-refractivity contribution in [2.75, 3.05) is 12.4 Å². The molecule has 2 aromatic rings. The molecule has 0 radical (unpaired) electrons. The Morgan fingerprint density at radius 3 is 2.40 bits per heavy atom. The number of unbranched alkanes of at least 4 members (excludes halogenated alkanes) is 1. The van der Waals surface area contributed by atoms with E-state index in [4.69, 9.17) is 4.74 Å². The number of rotatable bonds is 7. The second-order valence-electron chi connectivity index (χ2n) is 5.70. The highest BCUT2D eigenvalue weighted by Crippen LogP contribution is 2.16. The molecular formula is C21H22N2O2. The van der Waals surface area contributed by atoms with Gasteiger partial charge in [-0.1, -0.05) is 37.6 Å². The average Bonchev–Trinajstić information content (AvgIpc) is 2.66. The first-order valence-corrected chi connectivity index (χ1v) is 8.32. The summed E-state index contributed by atoms with van der Waals surface area (Å²) in [7, 11) is 1.59.